The van der Waals surface area contributed by atoms with Gasteiger partial charge in [-0.15, -0.1) is 11.3 Å². The van der Waals surface area contributed by atoms with Crippen LogP contribution in [-0.2, 0) is 17.7 Å². The Kier molecular flexibility index (Phi) is 4.84. The largest absolute Gasteiger partial charge is 0.383 e. The molecule has 0 aliphatic rings. The fourth-order valence-electron chi connectivity index (χ4n) is 1.86. The van der Waals surface area contributed by atoms with Gasteiger partial charge in [-0.1, -0.05) is 6.92 Å². The summed E-state index contributed by atoms with van der Waals surface area (Å²) in [4.78, 5) is 5.68. The minimum Gasteiger partial charge on any atom is -0.383 e. The number of ether oxygens (including phenoxy) is 1. The number of hydrogen-bond acceptors (Lipinski definition) is 5. The van der Waals surface area contributed by atoms with Crippen LogP contribution in [0.5, 0.6) is 0 Å². The number of hydrogen-bond donors (Lipinski definition) is 1. The molecule has 0 saturated heterocycles. The highest BCUT2D eigenvalue weighted by Crippen LogP contribution is 2.29. The highest BCUT2D eigenvalue weighted by Gasteiger charge is 2.15. The van der Waals surface area contributed by atoms with Crippen molar-refractivity contribution in [3.63, 3.8) is 0 Å². The lowest BCUT2D eigenvalue weighted by atomic mass is 10.3. The normalized spacial score (nSPS) is 11.1. The van der Waals surface area contributed by atoms with Crippen molar-refractivity contribution < 1.29 is 4.74 Å². The number of aromatic amines is 1. The molecule has 0 fully saturated rings. The second-order valence-corrected chi connectivity index (χ2v) is 5.74. The molecule has 5 nitrogen and oxygen atoms in total. The predicted octanol–water partition coefficient (Wildman–Crippen LogP) is 2.97. The van der Waals surface area contributed by atoms with Crippen LogP contribution in [0.15, 0.2) is 0 Å². The average molecular weight is 298 g/mol. The van der Waals surface area contributed by atoms with Crippen LogP contribution in [0.1, 0.15) is 24.0 Å². The van der Waals surface area contributed by atoms with Crippen LogP contribution in [0.4, 0.5) is 0 Å². The van der Waals surface area contributed by atoms with Crippen LogP contribution in [-0.4, -0.2) is 33.5 Å². The van der Waals surface area contributed by atoms with Gasteiger partial charge in [0.2, 0.25) is 0 Å². The van der Waals surface area contributed by atoms with Crippen LogP contribution in [0.3, 0.4) is 0 Å². The Labute approximate surface area is 121 Å². The van der Waals surface area contributed by atoms with E-state index in [0.717, 1.165) is 34.2 Å². The molecule has 19 heavy (non-hydrogen) atoms. The summed E-state index contributed by atoms with van der Waals surface area (Å²) in [6.07, 6.45) is 2.11. The lowest BCUT2D eigenvalue weighted by Gasteiger charge is -2.04. The number of nitrogens with one attached hydrogen (secondary N) is 1. The number of aryl methyl sites for hydroxylation is 2. The predicted molar refractivity (Wildman–Crippen MR) is 79.1 cm³/mol. The lowest BCUT2D eigenvalue weighted by Crippen LogP contribution is -2.06. The van der Waals surface area contributed by atoms with Crippen molar-refractivity contribution in [1.82, 2.24) is 19.7 Å². The molecule has 2 aromatic heterocycles. The molecule has 0 unspecified atom stereocenters. The van der Waals surface area contributed by atoms with Gasteiger partial charge < -0.3 is 4.74 Å². The zero-order valence-corrected chi connectivity index (χ0v) is 13.0. The molecule has 0 aliphatic carbocycles. The van der Waals surface area contributed by atoms with Crippen LogP contribution in [0.25, 0.3) is 10.7 Å². The number of rotatable bonds is 6. The summed E-state index contributed by atoms with van der Waals surface area (Å²) in [6, 6.07) is 0. The number of methoxy groups -OCH3 is 1. The quantitative estimate of drug-likeness (QED) is 0.833. The number of thiazole rings is 1. The molecule has 0 spiro atoms. The first-order valence-electron chi connectivity index (χ1n) is 6.28. The molecular weight excluding hydrogens is 280 g/mol. The molecule has 0 bridgehead atoms. The van der Waals surface area contributed by atoms with E-state index < -0.39 is 0 Å². The van der Waals surface area contributed by atoms with Crippen LogP contribution in [0.2, 0.25) is 0 Å². The average Bonchev–Trinajstić information content (AvgIpc) is 2.91. The van der Waals surface area contributed by atoms with Gasteiger partial charge in [-0.3, -0.25) is 9.67 Å². The molecule has 1 N–H and O–H groups in total. The molecule has 0 radical (unpaired) electrons. The van der Waals surface area contributed by atoms with Gasteiger partial charge in [-0.2, -0.15) is 5.10 Å². The Morgan fingerprint density at radius 3 is 2.95 bits per heavy atom. The molecule has 0 aromatic carbocycles. The molecule has 2 heterocycles. The lowest BCUT2D eigenvalue weighted by molar-refractivity contribution is 0.187. The maximum Gasteiger partial charge on any atom is 0.195 e. The molecule has 104 valence electrons. The van der Waals surface area contributed by atoms with Gasteiger partial charge in [0, 0.05) is 7.11 Å². The zero-order chi connectivity index (χ0) is 13.8. The van der Waals surface area contributed by atoms with E-state index in [-0.39, 0.29) is 0 Å². The van der Waals surface area contributed by atoms with Crippen LogP contribution < -0.4 is 0 Å². The van der Waals surface area contributed by atoms with Crippen molar-refractivity contribution in [2.75, 3.05) is 13.7 Å². The van der Waals surface area contributed by atoms with E-state index in [1.807, 2.05) is 11.5 Å². The molecule has 2 aromatic rings. The molecule has 0 aliphatic heterocycles. The molecule has 0 saturated carbocycles. The second-order valence-electron chi connectivity index (χ2n) is 4.27. The van der Waals surface area contributed by atoms with E-state index in [1.165, 1.54) is 0 Å². The Bertz CT molecular complexity index is 599. The summed E-state index contributed by atoms with van der Waals surface area (Å²) in [5.41, 5.74) is 1.01. The number of H-pyrrole nitrogens is 1. The van der Waals surface area contributed by atoms with E-state index in [4.69, 9.17) is 17.0 Å². The molecule has 7 heteroatoms. The summed E-state index contributed by atoms with van der Waals surface area (Å²) in [5, 5.41) is 8.34. The van der Waals surface area contributed by atoms with E-state index in [9.17, 15) is 0 Å². The van der Waals surface area contributed by atoms with Crippen molar-refractivity contribution in [2.24, 2.45) is 0 Å². The number of aromatic nitrogens is 4. The fraction of sp³-hybridized carbons (Fsp3) is 0.583. The Morgan fingerprint density at radius 2 is 2.26 bits per heavy atom. The van der Waals surface area contributed by atoms with E-state index in [0.29, 0.717) is 17.9 Å². The van der Waals surface area contributed by atoms with Gasteiger partial charge in [0.05, 0.1) is 28.7 Å². The maximum atomic E-state index is 5.26. The smallest absolute Gasteiger partial charge is 0.195 e. The van der Waals surface area contributed by atoms with E-state index in [2.05, 4.69) is 22.1 Å². The third kappa shape index (κ3) is 3.10. The van der Waals surface area contributed by atoms with Crippen molar-refractivity contribution in [1.29, 1.82) is 0 Å². The summed E-state index contributed by atoms with van der Waals surface area (Å²) >= 11 is 6.96. The summed E-state index contributed by atoms with van der Waals surface area (Å²) in [7, 11) is 1.68. The molecule has 2 rings (SSSR count). The van der Waals surface area contributed by atoms with Gasteiger partial charge >= 0.3 is 0 Å². The van der Waals surface area contributed by atoms with Crippen molar-refractivity contribution in [3.8, 4) is 10.7 Å². The highest BCUT2D eigenvalue weighted by atomic mass is 32.1. The standard InChI is InChI=1S/C12H18N4OS2/c1-4-5-9-13-8(2)10(19-9)11-14-15-12(18)16(11)6-7-17-3/h4-7H2,1-3H3,(H,15,18). The summed E-state index contributed by atoms with van der Waals surface area (Å²) in [5.74, 6) is 0.861. The van der Waals surface area contributed by atoms with Crippen molar-refractivity contribution >= 4 is 23.6 Å². The molecular formula is C12H18N4OS2. The van der Waals surface area contributed by atoms with E-state index >= 15 is 0 Å². The molecule has 0 amide bonds. The minimum atomic E-state index is 0.612. The fourth-order valence-corrected chi connectivity index (χ4v) is 3.25. The van der Waals surface area contributed by atoms with Gasteiger partial charge in [0.15, 0.2) is 10.6 Å². The maximum absolute atomic E-state index is 5.26. The topological polar surface area (TPSA) is 55.7 Å². The van der Waals surface area contributed by atoms with Crippen LogP contribution in [0, 0.1) is 11.7 Å². The van der Waals surface area contributed by atoms with Gasteiger partial charge in [-0.05, 0) is 32.0 Å². The molecule has 0 atom stereocenters. The highest BCUT2D eigenvalue weighted by molar-refractivity contribution is 7.71. The third-order valence-corrected chi connectivity index (χ3v) is 4.31. The zero-order valence-electron chi connectivity index (χ0n) is 11.4. The van der Waals surface area contributed by atoms with Gasteiger partial charge in [0.25, 0.3) is 0 Å². The van der Waals surface area contributed by atoms with Gasteiger partial charge in [0.1, 0.15) is 0 Å². The SMILES string of the molecule is CCCc1nc(C)c(-c2n[nH]c(=S)n2CCOC)s1. The number of nitrogens with zero attached hydrogens (tertiary/aromatic N) is 3. The first kappa shape index (κ1) is 14.4. The van der Waals surface area contributed by atoms with Crippen molar-refractivity contribution in [3.05, 3.63) is 15.5 Å². The van der Waals surface area contributed by atoms with Crippen LogP contribution >= 0.6 is 23.6 Å². The third-order valence-electron chi connectivity index (χ3n) is 2.79. The van der Waals surface area contributed by atoms with Crippen molar-refractivity contribution in [2.45, 2.75) is 33.2 Å². The minimum absolute atomic E-state index is 0.612. The van der Waals surface area contributed by atoms with E-state index in [1.54, 1.807) is 18.4 Å². The second kappa shape index (κ2) is 6.40. The first-order chi connectivity index (χ1) is 9.17. The Hall–Kier alpha value is -1.05. The Morgan fingerprint density at radius 1 is 1.47 bits per heavy atom. The first-order valence-corrected chi connectivity index (χ1v) is 7.50. The van der Waals surface area contributed by atoms with Gasteiger partial charge in [-0.25, -0.2) is 4.98 Å². The monoisotopic (exact) mass is 298 g/mol. The summed E-state index contributed by atoms with van der Waals surface area (Å²) < 4.78 is 7.70. The summed E-state index contributed by atoms with van der Waals surface area (Å²) in [6.45, 7) is 5.48. The Balaban J connectivity index is 2.38.